The Kier molecular flexibility index (Phi) is 3.69. The first kappa shape index (κ1) is 12.3. The number of rotatable bonds is 4. The summed E-state index contributed by atoms with van der Waals surface area (Å²) in [6.45, 7) is 0.329. The van der Waals surface area contributed by atoms with Gasteiger partial charge in [0.15, 0.2) is 0 Å². The van der Waals surface area contributed by atoms with E-state index in [4.69, 9.17) is 9.84 Å². The summed E-state index contributed by atoms with van der Waals surface area (Å²) in [7, 11) is 1.56. The van der Waals surface area contributed by atoms with Crippen molar-refractivity contribution in [2.75, 3.05) is 7.11 Å². The van der Waals surface area contributed by atoms with Gasteiger partial charge in [0.05, 0.1) is 12.3 Å². The van der Waals surface area contributed by atoms with Gasteiger partial charge in [0, 0.05) is 37.2 Å². The molecule has 0 bridgehead atoms. The number of nitrogens with zero attached hydrogens (tertiary/aromatic N) is 3. The highest BCUT2D eigenvalue weighted by Gasteiger charge is 2.13. The normalized spacial score (nSPS) is 10.5. The van der Waals surface area contributed by atoms with E-state index in [0.29, 0.717) is 18.7 Å². The molecule has 2 aromatic heterocycles. The van der Waals surface area contributed by atoms with Crippen LogP contribution < -0.4 is 0 Å². The predicted molar refractivity (Wildman–Crippen MR) is 63.4 cm³/mol. The lowest BCUT2D eigenvalue weighted by atomic mass is 10.1. The third-order valence-electron chi connectivity index (χ3n) is 2.45. The second-order valence-electron chi connectivity index (χ2n) is 3.76. The van der Waals surface area contributed by atoms with E-state index in [2.05, 4.69) is 10.1 Å². The summed E-state index contributed by atoms with van der Waals surface area (Å²) in [4.78, 5) is 15.1. The fraction of sp³-hybridized carbons (Fsp3) is 0.250. The number of pyridine rings is 1. The molecule has 0 fully saturated rings. The lowest BCUT2D eigenvalue weighted by molar-refractivity contribution is 0.183. The molecule has 0 aliphatic heterocycles. The molecule has 0 aliphatic carbocycles. The first-order valence-corrected chi connectivity index (χ1v) is 5.40. The van der Waals surface area contributed by atoms with E-state index in [-0.39, 0.29) is 0 Å². The number of ether oxygens (including phenoxy) is 1. The van der Waals surface area contributed by atoms with Gasteiger partial charge in [-0.15, -0.1) is 0 Å². The maximum atomic E-state index is 10.9. The van der Waals surface area contributed by atoms with Crippen LogP contribution in [0.3, 0.4) is 0 Å². The molecule has 18 heavy (non-hydrogen) atoms. The van der Waals surface area contributed by atoms with Crippen molar-refractivity contribution in [1.29, 1.82) is 0 Å². The minimum atomic E-state index is -1.11. The van der Waals surface area contributed by atoms with E-state index in [1.807, 2.05) is 18.2 Å². The summed E-state index contributed by atoms with van der Waals surface area (Å²) in [5, 5.41) is 12.9. The van der Waals surface area contributed by atoms with Crippen LogP contribution in [-0.4, -0.2) is 33.1 Å². The molecule has 1 N–H and O–H groups in total. The predicted octanol–water partition coefficient (Wildman–Crippen LogP) is 1.54. The Balaban J connectivity index is 2.28. The topological polar surface area (TPSA) is 77.2 Å². The first-order chi connectivity index (χ1) is 8.70. The molecule has 6 nitrogen and oxygen atoms in total. The van der Waals surface area contributed by atoms with E-state index in [9.17, 15) is 4.79 Å². The summed E-state index contributed by atoms with van der Waals surface area (Å²) in [6.07, 6.45) is 2.53. The van der Waals surface area contributed by atoms with Crippen LogP contribution in [0.4, 0.5) is 4.79 Å². The van der Waals surface area contributed by atoms with E-state index >= 15 is 0 Å². The van der Waals surface area contributed by atoms with Crippen LogP contribution in [0.2, 0.25) is 0 Å². The van der Waals surface area contributed by atoms with Gasteiger partial charge in [-0.25, -0.2) is 4.79 Å². The molecule has 0 saturated carbocycles. The van der Waals surface area contributed by atoms with Crippen molar-refractivity contribution in [2.45, 2.75) is 13.0 Å². The first-order valence-electron chi connectivity index (χ1n) is 5.40. The number of hydrogen-bond donors (Lipinski definition) is 1. The smallest absolute Gasteiger partial charge is 0.432 e. The average Bonchev–Trinajstić information content (AvgIpc) is 2.75. The average molecular weight is 247 g/mol. The summed E-state index contributed by atoms with van der Waals surface area (Å²) in [5.74, 6) is 0. The highest BCUT2D eigenvalue weighted by atomic mass is 16.5. The van der Waals surface area contributed by atoms with E-state index in [1.54, 1.807) is 13.3 Å². The molecule has 6 heteroatoms. The third kappa shape index (κ3) is 2.72. The fourth-order valence-electron chi connectivity index (χ4n) is 1.64. The van der Waals surface area contributed by atoms with Crippen LogP contribution in [0.5, 0.6) is 0 Å². The quantitative estimate of drug-likeness (QED) is 0.886. The number of carboxylic acid groups (broad SMARTS) is 1. The zero-order valence-electron chi connectivity index (χ0n) is 9.91. The van der Waals surface area contributed by atoms with Crippen molar-refractivity contribution in [2.24, 2.45) is 0 Å². The molecule has 0 atom stereocenters. The SMILES string of the molecule is COCc1cn(C(=O)O)nc1Cc1ccccn1. The van der Waals surface area contributed by atoms with Crippen LogP contribution in [0.1, 0.15) is 17.0 Å². The van der Waals surface area contributed by atoms with Crippen molar-refractivity contribution < 1.29 is 14.6 Å². The molecule has 2 rings (SSSR count). The van der Waals surface area contributed by atoms with E-state index < -0.39 is 6.09 Å². The van der Waals surface area contributed by atoms with Crippen molar-refractivity contribution >= 4 is 6.09 Å². The number of carbonyl (C=O) groups is 1. The molecule has 2 aromatic rings. The van der Waals surface area contributed by atoms with Gasteiger partial charge in [0.2, 0.25) is 0 Å². The molecular weight excluding hydrogens is 234 g/mol. The molecule has 2 heterocycles. The minimum absolute atomic E-state index is 0.329. The highest BCUT2D eigenvalue weighted by Crippen LogP contribution is 2.12. The number of aromatic nitrogens is 3. The maximum Gasteiger partial charge on any atom is 0.432 e. The summed E-state index contributed by atoms with van der Waals surface area (Å²) < 4.78 is 5.93. The van der Waals surface area contributed by atoms with Crippen molar-refractivity contribution in [3.8, 4) is 0 Å². The third-order valence-corrected chi connectivity index (χ3v) is 2.45. The largest absolute Gasteiger partial charge is 0.463 e. The summed E-state index contributed by atoms with van der Waals surface area (Å²) >= 11 is 0. The van der Waals surface area contributed by atoms with Crippen LogP contribution in [-0.2, 0) is 17.8 Å². The highest BCUT2D eigenvalue weighted by molar-refractivity contribution is 5.67. The second kappa shape index (κ2) is 5.42. The maximum absolute atomic E-state index is 10.9. The lowest BCUT2D eigenvalue weighted by Gasteiger charge is -2.00. The Bertz CT molecular complexity index is 537. The van der Waals surface area contributed by atoms with Gasteiger partial charge in [0.25, 0.3) is 0 Å². The van der Waals surface area contributed by atoms with Gasteiger partial charge in [-0.2, -0.15) is 9.78 Å². The van der Waals surface area contributed by atoms with Crippen LogP contribution in [0.15, 0.2) is 30.6 Å². The number of hydrogen-bond acceptors (Lipinski definition) is 4. The van der Waals surface area contributed by atoms with E-state index in [1.165, 1.54) is 6.20 Å². The zero-order valence-corrected chi connectivity index (χ0v) is 9.91. The Hall–Kier alpha value is -2.21. The Morgan fingerprint density at radius 2 is 2.33 bits per heavy atom. The Labute approximate surface area is 104 Å². The molecule has 0 amide bonds. The minimum Gasteiger partial charge on any atom is -0.463 e. The van der Waals surface area contributed by atoms with Crippen LogP contribution in [0.25, 0.3) is 0 Å². The lowest BCUT2D eigenvalue weighted by Crippen LogP contribution is -2.08. The van der Waals surface area contributed by atoms with Crippen LogP contribution in [0, 0.1) is 0 Å². The standard InChI is InChI=1S/C12H13N3O3/c1-18-8-9-7-15(12(16)17)14-11(9)6-10-4-2-3-5-13-10/h2-5,7H,6,8H2,1H3,(H,16,17). The van der Waals surface area contributed by atoms with Gasteiger partial charge in [-0.3, -0.25) is 4.98 Å². The van der Waals surface area contributed by atoms with Gasteiger partial charge in [0.1, 0.15) is 0 Å². The zero-order chi connectivity index (χ0) is 13.0. The van der Waals surface area contributed by atoms with E-state index in [0.717, 1.165) is 15.9 Å². The fourth-order valence-corrected chi connectivity index (χ4v) is 1.64. The van der Waals surface area contributed by atoms with Crippen LogP contribution >= 0.6 is 0 Å². The molecule has 0 aromatic carbocycles. The molecule has 0 saturated heterocycles. The van der Waals surface area contributed by atoms with Crippen molar-refractivity contribution in [3.05, 3.63) is 47.5 Å². The van der Waals surface area contributed by atoms with Crippen molar-refractivity contribution in [1.82, 2.24) is 14.8 Å². The summed E-state index contributed by atoms with van der Waals surface area (Å²) in [6, 6.07) is 5.58. The second-order valence-corrected chi connectivity index (χ2v) is 3.76. The van der Waals surface area contributed by atoms with Crippen molar-refractivity contribution in [3.63, 3.8) is 0 Å². The summed E-state index contributed by atoms with van der Waals surface area (Å²) in [5.41, 5.74) is 2.26. The van der Waals surface area contributed by atoms with Gasteiger partial charge in [-0.1, -0.05) is 6.07 Å². The molecule has 0 spiro atoms. The molecule has 0 aliphatic rings. The Morgan fingerprint density at radius 3 is 2.94 bits per heavy atom. The number of methoxy groups -OCH3 is 1. The molecule has 0 unspecified atom stereocenters. The van der Waals surface area contributed by atoms with Gasteiger partial charge < -0.3 is 9.84 Å². The van der Waals surface area contributed by atoms with Gasteiger partial charge >= 0.3 is 6.09 Å². The monoisotopic (exact) mass is 247 g/mol. The Morgan fingerprint density at radius 1 is 1.50 bits per heavy atom. The molecular formula is C12H13N3O3. The molecule has 94 valence electrons. The molecule has 0 radical (unpaired) electrons. The van der Waals surface area contributed by atoms with Gasteiger partial charge in [-0.05, 0) is 12.1 Å².